The Kier molecular flexibility index (Phi) is 8.10. The van der Waals surface area contributed by atoms with Crippen LogP contribution in [-0.4, -0.2) is 60.5 Å². The fourth-order valence-electron chi connectivity index (χ4n) is 4.48. The van der Waals surface area contributed by atoms with Gasteiger partial charge in [0.25, 0.3) is 0 Å². The summed E-state index contributed by atoms with van der Waals surface area (Å²) in [5.41, 5.74) is 5.12. The SMILES string of the molecule is C=CCOc1c(OC)cc(CN2c3ccccc3Cc3ccc(S(=O)(=O)CCN(C)C)cc32)cc1OC. The van der Waals surface area contributed by atoms with E-state index >= 15 is 0 Å². The van der Waals surface area contributed by atoms with Crippen LogP contribution in [0.15, 0.2) is 72.1 Å². The summed E-state index contributed by atoms with van der Waals surface area (Å²) in [5.74, 6) is 1.70. The minimum Gasteiger partial charge on any atom is -0.493 e. The van der Waals surface area contributed by atoms with Crippen molar-refractivity contribution in [3.63, 3.8) is 0 Å². The molecule has 0 aromatic heterocycles. The number of para-hydroxylation sites is 1. The number of fused-ring (bicyclic) bond motifs is 2. The third kappa shape index (κ3) is 5.76. The molecule has 0 spiro atoms. The van der Waals surface area contributed by atoms with Crippen LogP contribution in [-0.2, 0) is 22.8 Å². The van der Waals surface area contributed by atoms with E-state index in [2.05, 4.69) is 23.6 Å². The van der Waals surface area contributed by atoms with Crippen molar-refractivity contribution in [3.8, 4) is 17.2 Å². The van der Waals surface area contributed by atoms with Crippen molar-refractivity contribution in [2.75, 3.05) is 52.1 Å². The molecule has 1 aliphatic rings. The second-order valence-electron chi connectivity index (χ2n) is 9.23. The van der Waals surface area contributed by atoms with E-state index in [0.29, 0.717) is 41.8 Å². The van der Waals surface area contributed by atoms with Crippen LogP contribution >= 0.6 is 0 Å². The summed E-state index contributed by atoms with van der Waals surface area (Å²) in [4.78, 5) is 4.38. The molecule has 37 heavy (non-hydrogen) atoms. The minimum atomic E-state index is -3.43. The van der Waals surface area contributed by atoms with Crippen LogP contribution in [0, 0.1) is 0 Å². The predicted molar refractivity (Wildman–Crippen MR) is 147 cm³/mol. The maximum Gasteiger partial charge on any atom is 0.203 e. The molecule has 0 aliphatic carbocycles. The average molecular weight is 523 g/mol. The summed E-state index contributed by atoms with van der Waals surface area (Å²) >= 11 is 0. The monoisotopic (exact) mass is 522 g/mol. The van der Waals surface area contributed by atoms with Gasteiger partial charge in [-0.05, 0) is 61.1 Å². The molecule has 0 unspecified atom stereocenters. The smallest absolute Gasteiger partial charge is 0.203 e. The number of methoxy groups -OCH3 is 2. The summed E-state index contributed by atoms with van der Waals surface area (Å²) in [7, 11) is 3.50. The Morgan fingerprint density at radius 2 is 1.65 bits per heavy atom. The van der Waals surface area contributed by atoms with E-state index in [0.717, 1.165) is 28.9 Å². The van der Waals surface area contributed by atoms with Crippen LogP contribution < -0.4 is 19.1 Å². The number of ether oxygens (including phenoxy) is 3. The van der Waals surface area contributed by atoms with Gasteiger partial charge in [0.2, 0.25) is 5.75 Å². The molecule has 1 heterocycles. The first-order chi connectivity index (χ1) is 17.8. The van der Waals surface area contributed by atoms with Gasteiger partial charge in [-0.1, -0.05) is 36.9 Å². The molecule has 7 nitrogen and oxygen atoms in total. The van der Waals surface area contributed by atoms with Crippen molar-refractivity contribution in [2.24, 2.45) is 0 Å². The molecule has 0 radical (unpaired) electrons. The van der Waals surface area contributed by atoms with E-state index in [-0.39, 0.29) is 5.75 Å². The second-order valence-corrected chi connectivity index (χ2v) is 11.3. The molecule has 0 fully saturated rings. The van der Waals surface area contributed by atoms with E-state index < -0.39 is 9.84 Å². The van der Waals surface area contributed by atoms with Crippen LogP contribution in [0.3, 0.4) is 0 Å². The summed E-state index contributed by atoms with van der Waals surface area (Å²) in [6.07, 6.45) is 2.40. The maximum absolute atomic E-state index is 13.1. The molecule has 196 valence electrons. The highest BCUT2D eigenvalue weighted by atomic mass is 32.2. The summed E-state index contributed by atoms with van der Waals surface area (Å²) in [6, 6.07) is 17.5. The number of nitrogens with zero attached hydrogens (tertiary/aromatic N) is 2. The summed E-state index contributed by atoms with van der Waals surface area (Å²) in [6.45, 7) is 4.98. The largest absolute Gasteiger partial charge is 0.493 e. The van der Waals surface area contributed by atoms with Gasteiger partial charge >= 0.3 is 0 Å². The van der Waals surface area contributed by atoms with Gasteiger partial charge in [-0.2, -0.15) is 0 Å². The van der Waals surface area contributed by atoms with E-state index in [1.165, 1.54) is 5.56 Å². The summed E-state index contributed by atoms with van der Waals surface area (Å²) in [5, 5.41) is 0. The van der Waals surface area contributed by atoms with Crippen molar-refractivity contribution < 1.29 is 22.6 Å². The van der Waals surface area contributed by atoms with Gasteiger partial charge < -0.3 is 24.0 Å². The molecule has 0 amide bonds. The van der Waals surface area contributed by atoms with Crippen molar-refractivity contribution in [1.82, 2.24) is 4.90 Å². The van der Waals surface area contributed by atoms with Gasteiger partial charge in [-0.15, -0.1) is 0 Å². The molecule has 0 saturated heterocycles. The Bertz CT molecular complexity index is 1360. The molecule has 3 aromatic rings. The maximum atomic E-state index is 13.1. The fourth-order valence-corrected chi connectivity index (χ4v) is 5.89. The van der Waals surface area contributed by atoms with E-state index in [1.54, 1.807) is 26.4 Å². The molecule has 0 N–H and O–H groups in total. The first-order valence-corrected chi connectivity index (χ1v) is 13.8. The number of hydrogen-bond donors (Lipinski definition) is 0. The van der Waals surface area contributed by atoms with Crippen molar-refractivity contribution in [2.45, 2.75) is 17.9 Å². The highest BCUT2D eigenvalue weighted by Crippen LogP contribution is 2.43. The zero-order valence-electron chi connectivity index (χ0n) is 21.9. The number of benzene rings is 3. The van der Waals surface area contributed by atoms with Crippen LogP contribution in [0.25, 0.3) is 0 Å². The highest BCUT2D eigenvalue weighted by molar-refractivity contribution is 7.91. The Labute approximate surface area is 219 Å². The minimum absolute atomic E-state index is 0.0654. The van der Waals surface area contributed by atoms with Crippen molar-refractivity contribution in [1.29, 1.82) is 0 Å². The molecule has 0 saturated carbocycles. The average Bonchev–Trinajstić information content (AvgIpc) is 2.90. The van der Waals surface area contributed by atoms with E-state index in [4.69, 9.17) is 14.2 Å². The molecule has 0 atom stereocenters. The third-order valence-corrected chi connectivity index (χ3v) is 8.08. The molecule has 0 bridgehead atoms. The van der Waals surface area contributed by atoms with E-state index in [9.17, 15) is 8.42 Å². The topological polar surface area (TPSA) is 68.3 Å². The molecule has 4 rings (SSSR count). The van der Waals surface area contributed by atoms with E-state index in [1.807, 2.05) is 55.4 Å². The predicted octanol–water partition coefficient (Wildman–Crippen LogP) is 4.85. The van der Waals surface area contributed by atoms with Crippen molar-refractivity contribution in [3.05, 3.63) is 83.9 Å². The highest BCUT2D eigenvalue weighted by Gasteiger charge is 2.26. The molecular weight excluding hydrogens is 488 g/mol. The first kappa shape index (κ1) is 26.6. The van der Waals surface area contributed by atoms with Gasteiger partial charge in [0.05, 0.1) is 24.9 Å². The quantitative estimate of drug-likeness (QED) is 0.334. The number of hydrogen-bond acceptors (Lipinski definition) is 7. The second kappa shape index (κ2) is 11.3. The number of anilines is 2. The lowest BCUT2D eigenvalue weighted by Crippen LogP contribution is -2.25. The van der Waals surface area contributed by atoms with Gasteiger partial charge in [-0.3, -0.25) is 0 Å². The standard InChI is InChI=1S/C29H34N2O5S/c1-6-14-36-29-27(34-4)16-21(17-28(29)35-5)20-31-25-10-8-7-9-22(25)18-23-11-12-24(19-26(23)31)37(32,33)15-13-30(2)3/h6-12,16-17,19H,1,13-15,18,20H2,2-5H3. The Morgan fingerprint density at radius 3 is 2.30 bits per heavy atom. The molecule has 8 heteroatoms. The van der Waals surface area contributed by atoms with Crippen molar-refractivity contribution >= 4 is 21.2 Å². The molecule has 3 aromatic carbocycles. The van der Waals surface area contributed by atoms with Gasteiger partial charge in [0.15, 0.2) is 21.3 Å². The Hall–Kier alpha value is -3.49. The third-order valence-electron chi connectivity index (χ3n) is 6.38. The van der Waals surface area contributed by atoms with Gasteiger partial charge in [-0.25, -0.2) is 8.42 Å². The van der Waals surface area contributed by atoms with Gasteiger partial charge in [0, 0.05) is 30.9 Å². The molecular formula is C29H34N2O5S. The normalized spacial score (nSPS) is 12.6. The van der Waals surface area contributed by atoms with Crippen LogP contribution in [0.4, 0.5) is 11.4 Å². The zero-order chi connectivity index (χ0) is 26.6. The van der Waals surface area contributed by atoms with Crippen LogP contribution in [0.5, 0.6) is 17.2 Å². The molecule has 1 aliphatic heterocycles. The van der Waals surface area contributed by atoms with Crippen LogP contribution in [0.1, 0.15) is 16.7 Å². The van der Waals surface area contributed by atoms with Gasteiger partial charge in [0.1, 0.15) is 6.61 Å². The Balaban J connectivity index is 1.78. The lowest BCUT2D eigenvalue weighted by atomic mass is 9.95. The zero-order valence-corrected chi connectivity index (χ0v) is 22.7. The fraction of sp³-hybridized carbons (Fsp3) is 0.310. The Morgan fingerprint density at radius 1 is 0.973 bits per heavy atom. The number of sulfone groups is 1. The lowest BCUT2D eigenvalue weighted by Gasteiger charge is -2.34. The summed E-state index contributed by atoms with van der Waals surface area (Å²) < 4.78 is 43.3. The lowest BCUT2D eigenvalue weighted by molar-refractivity contribution is 0.300. The first-order valence-electron chi connectivity index (χ1n) is 12.1. The van der Waals surface area contributed by atoms with Crippen LogP contribution in [0.2, 0.25) is 0 Å². The number of rotatable bonds is 11.